The Hall–Kier alpha value is -2.05. The fourth-order valence-electron chi connectivity index (χ4n) is 2.61. The monoisotopic (exact) mass is 297 g/mol. The molecule has 1 aromatic carbocycles. The standard InChI is InChI=1S/C15H15N5S/c16-11-7-4-8-12-14(11)21-15(18-12)13-9-17-20(19-13)10-5-2-1-3-6-10/h1-3,5-6,9,11H,4,7-8,16H2. The average molecular weight is 297 g/mol. The predicted molar refractivity (Wildman–Crippen MR) is 82.3 cm³/mol. The normalized spacial score (nSPS) is 17.7. The van der Waals surface area contributed by atoms with Crippen LogP contribution < -0.4 is 5.73 Å². The third-order valence-electron chi connectivity index (χ3n) is 3.69. The number of thiazole rings is 1. The van der Waals surface area contributed by atoms with Crippen LogP contribution in [0.4, 0.5) is 0 Å². The van der Waals surface area contributed by atoms with Gasteiger partial charge >= 0.3 is 0 Å². The van der Waals surface area contributed by atoms with Gasteiger partial charge in [-0.2, -0.15) is 9.90 Å². The second kappa shape index (κ2) is 5.05. The summed E-state index contributed by atoms with van der Waals surface area (Å²) in [5.41, 5.74) is 9.06. The van der Waals surface area contributed by atoms with Crippen LogP contribution in [0.5, 0.6) is 0 Å². The minimum atomic E-state index is 0.129. The quantitative estimate of drug-likeness (QED) is 0.789. The number of fused-ring (bicyclic) bond motifs is 1. The molecule has 1 atom stereocenters. The van der Waals surface area contributed by atoms with Crippen LogP contribution in [-0.2, 0) is 6.42 Å². The number of hydrogen-bond donors (Lipinski definition) is 1. The van der Waals surface area contributed by atoms with Crippen LogP contribution in [-0.4, -0.2) is 20.0 Å². The Balaban J connectivity index is 1.70. The first-order valence-electron chi connectivity index (χ1n) is 7.04. The molecule has 0 spiro atoms. The van der Waals surface area contributed by atoms with Gasteiger partial charge in [0, 0.05) is 10.9 Å². The number of nitrogens with two attached hydrogens (primary N) is 1. The average Bonchev–Trinajstić information content (AvgIpc) is 3.15. The molecular formula is C15H15N5S. The van der Waals surface area contributed by atoms with Gasteiger partial charge in [-0.1, -0.05) is 18.2 Å². The minimum Gasteiger partial charge on any atom is -0.323 e. The molecule has 3 aromatic rings. The van der Waals surface area contributed by atoms with Crippen LogP contribution in [0.25, 0.3) is 16.4 Å². The number of para-hydroxylation sites is 1. The lowest BCUT2D eigenvalue weighted by Crippen LogP contribution is -2.15. The van der Waals surface area contributed by atoms with Gasteiger partial charge in [0.05, 0.1) is 17.6 Å². The van der Waals surface area contributed by atoms with E-state index in [1.54, 1.807) is 22.3 Å². The summed E-state index contributed by atoms with van der Waals surface area (Å²) in [5, 5.41) is 9.78. The van der Waals surface area contributed by atoms with Crippen molar-refractivity contribution in [1.29, 1.82) is 0 Å². The molecule has 0 saturated carbocycles. The molecule has 5 nitrogen and oxygen atoms in total. The molecule has 6 heteroatoms. The molecule has 1 aliphatic carbocycles. The lowest BCUT2D eigenvalue weighted by molar-refractivity contribution is 0.573. The largest absolute Gasteiger partial charge is 0.323 e. The zero-order valence-corrected chi connectivity index (χ0v) is 12.3. The zero-order valence-electron chi connectivity index (χ0n) is 11.4. The number of hydrogen-bond acceptors (Lipinski definition) is 5. The summed E-state index contributed by atoms with van der Waals surface area (Å²) in [6.07, 6.45) is 4.95. The number of aromatic nitrogens is 4. The van der Waals surface area contributed by atoms with E-state index in [0.29, 0.717) is 0 Å². The smallest absolute Gasteiger partial charge is 0.146 e. The highest BCUT2D eigenvalue weighted by molar-refractivity contribution is 7.15. The van der Waals surface area contributed by atoms with Crippen molar-refractivity contribution in [2.45, 2.75) is 25.3 Å². The van der Waals surface area contributed by atoms with Gasteiger partial charge in [0.1, 0.15) is 10.7 Å². The maximum atomic E-state index is 6.16. The maximum absolute atomic E-state index is 6.16. The molecule has 21 heavy (non-hydrogen) atoms. The summed E-state index contributed by atoms with van der Waals surface area (Å²) in [5.74, 6) is 0. The van der Waals surface area contributed by atoms with E-state index in [0.717, 1.165) is 41.3 Å². The van der Waals surface area contributed by atoms with Crippen LogP contribution in [0.3, 0.4) is 0 Å². The van der Waals surface area contributed by atoms with Gasteiger partial charge < -0.3 is 5.73 Å². The predicted octanol–water partition coefficient (Wildman–Crippen LogP) is 2.73. The molecule has 0 fully saturated rings. The number of aryl methyl sites for hydroxylation is 1. The second-order valence-corrected chi connectivity index (χ2v) is 6.21. The van der Waals surface area contributed by atoms with Gasteiger partial charge in [-0.3, -0.25) is 0 Å². The van der Waals surface area contributed by atoms with Crippen molar-refractivity contribution in [1.82, 2.24) is 20.0 Å². The van der Waals surface area contributed by atoms with Crippen LogP contribution >= 0.6 is 11.3 Å². The van der Waals surface area contributed by atoms with E-state index < -0.39 is 0 Å². The van der Waals surface area contributed by atoms with Crippen molar-refractivity contribution in [3.05, 3.63) is 47.1 Å². The van der Waals surface area contributed by atoms with Crippen molar-refractivity contribution in [3.8, 4) is 16.4 Å². The molecule has 4 rings (SSSR count). The Morgan fingerprint density at radius 1 is 1.24 bits per heavy atom. The molecule has 2 aromatic heterocycles. The molecule has 0 amide bonds. The van der Waals surface area contributed by atoms with E-state index in [1.807, 2.05) is 30.3 Å². The number of rotatable bonds is 2. The van der Waals surface area contributed by atoms with Gasteiger partial charge in [0.25, 0.3) is 0 Å². The first-order valence-corrected chi connectivity index (χ1v) is 7.86. The molecule has 0 saturated heterocycles. The molecule has 0 bridgehead atoms. The van der Waals surface area contributed by atoms with Gasteiger partial charge in [-0.05, 0) is 31.4 Å². The van der Waals surface area contributed by atoms with Gasteiger partial charge in [0.2, 0.25) is 0 Å². The van der Waals surface area contributed by atoms with E-state index in [9.17, 15) is 0 Å². The number of benzene rings is 1. The van der Waals surface area contributed by atoms with Crippen molar-refractivity contribution in [2.24, 2.45) is 5.73 Å². The highest BCUT2D eigenvalue weighted by Gasteiger charge is 2.23. The van der Waals surface area contributed by atoms with Crippen molar-refractivity contribution >= 4 is 11.3 Å². The fourth-order valence-corrected chi connectivity index (χ4v) is 3.71. The summed E-state index contributed by atoms with van der Waals surface area (Å²) < 4.78 is 0. The first-order chi connectivity index (χ1) is 10.3. The summed E-state index contributed by atoms with van der Waals surface area (Å²) in [6, 6.07) is 10.0. The van der Waals surface area contributed by atoms with Gasteiger partial charge in [-0.15, -0.1) is 16.4 Å². The van der Waals surface area contributed by atoms with Crippen molar-refractivity contribution < 1.29 is 0 Å². The molecule has 2 N–H and O–H groups in total. The Kier molecular flexibility index (Phi) is 3.05. The lowest BCUT2D eigenvalue weighted by atomic mass is 9.99. The molecule has 0 radical (unpaired) electrons. The van der Waals surface area contributed by atoms with Gasteiger partial charge in [0.15, 0.2) is 0 Å². The zero-order chi connectivity index (χ0) is 14.2. The lowest BCUT2D eigenvalue weighted by Gasteiger charge is -2.15. The van der Waals surface area contributed by atoms with Crippen LogP contribution in [0.15, 0.2) is 36.5 Å². The molecule has 106 valence electrons. The molecule has 0 aliphatic heterocycles. The molecule has 2 heterocycles. The fraction of sp³-hybridized carbons (Fsp3) is 0.267. The number of nitrogens with zero attached hydrogens (tertiary/aromatic N) is 4. The topological polar surface area (TPSA) is 69.6 Å². The molecule has 1 unspecified atom stereocenters. The van der Waals surface area contributed by atoms with E-state index in [2.05, 4.69) is 10.2 Å². The SMILES string of the molecule is NC1CCCc2nc(-c3cnn(-c4ccccc4)n3)sc21. The molecular weight excluding hydrogens is 282 g/mol. The van der Waals surface area contributed by atoms with E-state index >= 15 is 0 Å². The highest BCUT2D eigenvalue weighted by Crippen LogP contribution is 2.36. The second-order valence-electron chi connectivity index (χ2n) is 5.18. The Morgan fingerprint density at radius 3 is 2.90 bits per heavy atom. The summed E-state index contributed by atoms with van der Waals surface area (Å²) in [6.45, 7) is 0. The minimum absolute atomic E-state index is 0.129. The van der Waals surface area contributed by atoms with Gasteiger partial charge in [-0.25, -0.2) is 4.98 Å². The van der Waals surface area contributed by atoms with Crippen LogP contribution in [0, 0.1) is 0 Å². The highest BCUT2D eigenvalue weighted by atomic mass is 32.1. The molecule has 1 aliphatic rings. The van der Waals surface area contributed by atoms with Crippen molar-refractivity contribution in [3.63, 3.8) is 0 Å². The van der Waals surface area contributed by atoms with Crippen LogP contribution in [0.2, 0.25) is 0 Å². The summed E-state index contributed by atoms with van der Waals surface area (Å²) in [7, 11) is 0. The first kappa shape index (κ1) is 12.7. The summed E-state index contributed by atoms with van der Waals surface area (Å²) in [4.78, 5) is 7.55. The third-order valence-corrected chi connectivity index (χ3v) is 4.94. The Labute approximate surface area is 126 Å². The van der Waals surface area contributed by atoms with Crippen molar-refractivity contribution in [2.75, 3.05) is 0 Å². The van der Waals surface area contributed by atoms with E-state index in [-0.39, 0.29) is 6.04 Å². The third kappa shape index (κ3) is 2.26. The van der Waals surface area contributed by atoms with Crippen LogP contribution in [0.1, 0.15) is 29.5 Å². The van der Waals surface area contributed by atoms with E-state index in [4.69, 9.17) is 10.7 Å². The van der Waals surface area contributed by atoms with E-state index in [1.165, 1.54) is 4.88 Å². The maximum Gasteiger partial charge on any atom is 0.146 e. The Morgan fingerprint density at radius 2 is 2.10 bits per heavy atom. The Bertz CT molecular complexity index is 761. The summed E-state index contributed by atoms with van der Waals surface area (Å²) >= 11 is 1.65.